The second-order valence-electron chi connectivity index (χ2n) is 8.05. The van der Waals surface area contributed by atoms with Gasteiger partial charge in [-0.15, -0.1) is 0 Å². The molecule has 5 nitrogen and oxygen atoms in total. The normalized spacial score (nSPS) is 30.9. The van der Waals surface area contributed by atoms with Gasteiger partial charge in [-0.05, 0) is 62.8 Å². The van der Waals surface area contributed by atoms with Crippen molar-refractivity contribution in [1.82, 2.24) is 4.90 Å². The molecule has 1 aromatic carbocycles. The number of carbonyl (C=O) groups excluding carboxylic acids is 3. The molecule has 2 aliphatic carbocycles. The van der Waals surface area contributed by atoms with Crippen LogP contribution in [0.4, 0.5) is 10.1 Å². The van der Waals surface area contributed by atoms with E-state index >= 15 is 0 Å². The highest BCUT2D eigenvalue weighted by Crippen LogP contribution is 2.41. The van der Waals surface area contributed by atoms with Gasteiger partial charge in [-0.25, -0.2) is 4.39 Å². The molecule has 27 heavy (non-hydrogen) atoms. The number of nitrogens with zero attached hydrogens (tertiary/aromatic N) is 1. The topological polar surface area (TPSA) is 66.5 Å². The first-order chi connectivity index (χ1) is 13.0. The van der Waals surface area contributed by atoms with Gasteiger partial charge < -0.3 is 5.32 Å². The summed E-state index contributed by atoms with van der Waals surface area (Å²) in [4.78, 5) is 39.5. The van der Waals surface area contributed by atoms with Crippen LogP contribution in [0, 0.1) is 23.6 Å². The van der Waals surface area contributed by atoms with Crippen LogP contribution < -0.4 is 5.32 Å². The zero-order valence-corrected chi connectivity index (χ0v) is 15.3. The summed E-state index contributed by atoms with van der Waals surface area (Å²) >= 11 is 0. The van der Waals surface area contributed by atoms with Crippen LogP contribution in [0.25, 0.3) is 0 Å². The van der Waals surface area contributed by atoms with E-state index in [4.69, 9.17) is 0 Å². The Labute approximate surface area is 158 Å². The Morgan fingerprint density at radius 3 is 2.00 bits per heavy atom. The van der Waals surface area contributed by atoms with Gasteiger partial charge in [0.2, 0.25) is 17.7 Å². The van der Waals surface area contributed by atoms with Crippen LogP contribution in [0.15, 0.2) is 24.3 Å². The van der Waals surface area contributed by atoms with E-state index in [1.54, 1.807) is 12.1 Å². The fraction of sp³-hybridized carbons (Fsp3) is 0.571. The van der Waals surface area contributed by atoms with Crippen LogP contribution in [-0.4, -0.2) is 28.7 Å². The molecule has 144 valence electrons. The quantitative estimate of drug-likeness (QED) is 0.826. The van der Waals surface area contributed by atoms with E-state index in [9.17, 15) is 18.8 Å². The van der Waals surface area contributed by atoms with Gasteiger partial charge in [0.1, 0.15) is 5.82 Å². The van der Waals surface area contributed by atoms with Gasteiger partial charge in [0, 0.05) is 17.6 Å². The minimum atomic E-state index is -0.339. The monoisotopic (exact) mass is 372 g/mol. The van der Waals surface area contributed by atoms with Crippen molar-refractivity contribution in [2.45, 2.75) is 57.4 Å². The van der Waals surface area contributed by atoms with Crippen LogP contribution in [-0.2, 0) is 14.4 Å². The lowest BCUT2D eigenvalue weighted by Crippen LogP contribution is -2.43. The van der Waals surface area contributed by atoms with Crippen molar-refractivity contribution in [3.05, 3.63) is 30.1 Å². The molecule has 3 amide bonds. The van der Waals surface area contributed by atoms with E-state index < -0.39 is 0 Å². The molecule has 0 spiro atoms. The zero-order valence-electron chi connectivity index (χ0n) is 15.3. The van der Waals surface area contributed by atoms with Crippen molar-refractivity contribution in [1.29, 1.82) is 0 Å². The van der Waals surface area contributed by atoms with Crippen molar-refractivity contribution < 1.29 is 18.8 Å². The highest BCUT2D eigenvalue weighted by molar-refractivity contribution is 6.05. The zero-order chi connectivity index (χ0) is 19.0. The third-order valence-corrected chi connectivity index (χ3v) is 6.42. The Morgan fingerprint density at radius 2 is 1.44 bits per heavy atom. The molecule has 0 bridgehead atoms. The molecule has 1 saturated heterocycles. The van der Waals surface area contributed by atoms with Gasteiger partial charge >= 0.3 is 0 Å². The van der Waals surface area contributed by atoms with Crippen LogP contribution in [0.2, 0.25) is 0 Å². The van der Waals surface area contributed by atoms with Gasteiger partial charge in [-0.2, -0.15) is 0 Å². The lowest BCUT2D eigenvalue weighted by molar-refractivity contribution is -0.143. The minimum absolute atomic E-state index is 0.0175. The number of hydrogen-bond acceptors (Lipinski definition) is 3. The fourth-order valence-electron chi connectivity index (χ4n) is 4.92. The van der Waals surface area contributed by atoms with E-state index in [2.05, 4.69) is 5.32 Å². The summed E-state index contributed by atoms with van der Waals surface area (Å²) in [6.45, 7) is 0. The highest BCUT2D eigenvalue weighted by atomic mass is 19.1. The Bertz CT molecular complexity index is 716. The smallest absolute Gasteiger partial charge is 0.233 e. The second kappa shape index (κ2) is 7.41. The van der Waals surface area contributed by atoms with Crippen LogP contribution in [0.3, 0.4) is 0 Å². The molecule has 1 aliphatic heterocycles. The molecular weight excluding hydrogens is 347 g/mol. The second-order valence-corrected chi connectivity index (χ2v) is 8.05. The Kier molecular flexibility index (Phi) is 4.98. The van der Waals surface area contributed by atoms with E-state index in [1.165, 1.54) is 17.0 Å². The summed E-state index contributed by atoms with van der Waals surface area (Å²) in [6.07, 6.45) is 6.40. The maximum absolute atomic E-state index is 13.0. The molecule has 4 rings (SSSR count). The largest absolute Gasteiger partial charge is 0.326 e. The molecule has 2 saturated carbocycles. The number of rotatable bonds is 3. The van der Waals surface area contributed by atoms with Gasteiger partial charge in [0.25, 0.3) is 0 Å². The summed E-state index contributed by atoms with van der Waals surface area (Å²) in [7, 11) is 0. The molecule has 3 aliphatic rings. The predicted molar refractivity (Wildman–Crippen MR) is 98.1 cm³/mol. The summed E-state index contributed by atoms with van der Waals surface area (Å²) in [5.41, 5.74) is 0.581. The summed E-state index contributed by atoms with van der Waals surface area (Å²) in [5, 5.41) is 2.83. The van der Waals surface area contributed by atoms with Crippen molar-refractivity contribution in [3.63, 3.8) is 0 Å². The maximum Gasteiger partial charge on any atom is 0.233 e. The summed E-state index contributed by atoms with van der Waals surface area (Å²) < 4.78 is 13.0. The number of fused-ring (bicyclic) bond motifs is 1. The van der Waals surface area contributed by atoms with Crippen molar-refractivity contribution in [2.24, 2.45) is 17.8 Å². The van der Waals surface area contributed by atoms with E-state index in [1.807, 2.05) is 0 Å². The van der Waals surface area contributed by atoms with Crippen molar-refractivity contribution >= 4 is 23.4 Å². The van der Waals surface area contributed by atoms with E-state index in [0.29, 0.717) is 31.4 Å². The molecule has 3 fully saturated rings. The molecule has 0 radical (unpaired) electrons. The van der Waals surface area contributed by atoms with Gasteiger partial charge in [0.15, 0.2) is 0 Å². The highest BCUT2D eigenvalue weighted by Gasteiger charge is 2.50. The lowest BCUT2D eigenvalue weighted by Gasteiger charge is -2.33. The Morgan fingerprint density at radius 1 is 0.889 bits per heavy atom. The Hall–Kier alpha value is -2.24. The number of carbonyl (C=O) groups is 3. The Balaban J connectivity index is 1.34. The first-order valence-electron chi connectivity index (χ1n) is 9.98. The van der Waals surface area contributed by atoms with Gasteiger partial charge in [-0.3, -0.25) is 19.3 Å². The number of benzene rings is 1. The van der Waals surface area contributed by atoms with E-state index in [0.717, 1.165) is 25.7 Å². The van der Waals surface area contributed by atoms with Gasteiger partial charge in [0.05, 0.1) is 11.8 Å². The standard InChI is InChI=1S/C21H25FN2O3/c22-14-7-9-15(10-8-14)23-19(25)13-5-11-16(12-6-13)24-20(26)17-3-1-2-4-18(17)21(24)27/h7-10,13,16-18H,1-6,11-12H2,(H,23,25). The first-order valence-corrected chi connectivity index (χ1v) is 9.98. The average Bonchev–Trinajstić information content (AvgIpc) is 2.95. The molecule has 2 unspecified atom stereocenters. The minimum Gasteiger partial charge on any atom is -0.326 e. The third kappa shape index (κ3) is 3.49. The summed E-state index contributed by atoms with van der Waals surface area (Å²) in [6, 6.07) is 5.66. The molecule has 2 atom stereocenters. The number of hydrogen-bond donors (Lipinski definition) is 1. The van der Waals surface area contributed by atoms with Crippen LogP contribution in [0.1, 0.15) is 51.4 Å². The molecular formula is C21H25FN2O3. The SMILES string of the molecule is O=C(Nc1ccc(F)cc1)C1CCC(N2C(=O)C3CCCCC3C2=O)CC1. The average molecular weight is 372 g/mol. The fourth-order valence-corrected chi connectivity index (χ4v) is 4.92. The molecule has 1 aromatic rings. The van der Waals surface area contributed by atoms with E-state index in [-0.39, 0.29) is 47.3 Å². The number of halogens is 1. The van der Waals surface area contributed by atoms with Crippen LogP contribution in [0.5, 0.6) is 0 Å². The van der Waals surface area contributed by atoms with Crippen LogP contribution >= 0.6 is 0 Å². The first kappa shape index (κ1) is 18.1. The molecule has 1 heterocycles. The number of nitrogens with one attached hydrogen (secondary N) is 1. The number of amides is 3. The van der Waals surface area contributed by atoms with Crippen molar-refractivity contribution in [3.8, 4) is 0 Å². The number of imide groups is 1. The van der Waals surface area contributed by atoms with Crippen molar-refractivity contribution in [2.75, 3.05) is 5.32 Å². The maximum atomic E-state index is 13.0. The molecule has 1 N–H and O–H groups in total. The van der Waals surface area contributed by atoms with Gasteiger partial charge in [-0.1, -0.05) is 12.8 Å². The molecule has 6 heteroatoms. The molecule has 0 aromatic heterocycles. The summed E-state index contributed by atoms with van der Waals surface area (Å²) in [5.74, 6) is -0.729. The predicted octanol–water partition coefficient (Wildman–Crippen LogP) is 3.50. The lowest BCUT2D eigenvalue weighted by atomic mass is 9.81. The third-order valence-electron chi connectivity index (χ3n) is 6.42. The number of anilines is 1. The number of likely N-dealkylation sites (tertiary alicyclic amines) is 1.